The number of aromatic nitrogens is 3. The van der Waals surface area contributed by atoms with Gasteiger partial charge in [-0.15, -0.1) is 0 Å². The summed E-state index contributed by atoms with van der Waals surface area (Å²) in [5.41, 5.74) is 5.87. The number of rotatable bonds is 6. The lowest BCUT2D eigenvalue weighted by Crippen LogP contribution is -2.47. The Labute approximate surface area is 203 Å². The summed E-state index contributed by atoms with van der Waals surface area (Å²) >= 11 is 0. The molecule has 2 aliphatic rings. The van der Waals surface area contributed by atoms with E-state index in [2.05, 4.69) is 58.6 Å². The van der Waals surface area contributed by atoms with Crippen LogP contribution in [-0.4, -0.2) is 58.0 Å². The van der Waals surface area contributed by atoms with Gasteiger partial charge in [-0.2, -0.15) is 5.10 Å². The number of morpholine rings is 1. The molecule has 2 heterocycles. The molecule has 1 atom stereocenters. The van der Waals surface area contributed by atoms with Gasteiger partial charge in [0.1, 0.15) is 31.1 Å². The van der Waals surface area contributed by atoms with Crippen LogP contribution >= 0.6 is 0 Å². The highest BCUT2D eigenvalue weighted by atomic mass is 16.5. The minimum atomic E-state index is -0.161. The van der Waals surface area contributed by atoms with Crippen LogP contribution in [0, 0.1) is 0 Å². The second kappa shape index (κ2) is 9.35. The molecule has 7 heteroatoms. The Morgan fingerprint density at radius 2 is 1.69 bits per heavy atom. The lowest BCUT2D eigenvalue weighted by Gasteiger charge is -2.33. The first-order valence-corrected chi connectivity index (χ1v) is 11.9. The molecule has 1 saturated heterocycles. The van der Waals surface area contributed by atoms with E-state index in [-0.39, 0.29) is 17.9 Å². The van der Waals surface area contributed by atoms with Crippen LogP contribution in [0.15, 0.2) is 85.5 Å². The van der Waals surface area contributed by atoms with Gasteiger partial charge in [-0.05, 0) is 46.5 Å². The largest absolute Gasteiger partial charge is 0.491 e. The molecular formula is C28H26N4O3. The van der Waals surface area contributed by atoms with Crippen LogP contribution in [0.3, 0.4) is 0 Å². The number of fused-ring (bicyclic) bond motifs is 3. The van der Waals surface area contributed by atoms with Gasteiger partial charge < -0.3 is 14.4 Å². The Morgan fingerprint density at radius 1 is 0.971 bits per heavy atom. The highest BCUT2D eigenvalue weighted by molar-refractivity contribution is 5.84. The molecule has 6 rings (SSSR count). The van der Waals surface area contributed by atoms with Crippen LogP contribution in [0.25, 0.3) is 16.8 Å². The Kier molecular flexibility index (Phi) is 5.76. The van der Waals surface area contributed by atoms with Gasteiger partial charge in [0.05, 0.1) is 18.8 Å². The van der Waals surface area contributed by atoms with Crippen molar-refractivity contribution in [3.8, 4) is 22.6 Å². The normalized spacial score (nSPS) is 17.1. The Morgan fingerprint density at radius 3 is 2.37 bits per heavy atom. The van der Waals surface area contributed by atoms with Gasteiger partial charge in [0.15, 0.2) is 0 Å². The van der Waals surface area contributed by atoms with Crippen molar-refractivity contribution in [2.45, 2.75) is 18.4 Å². The van der Waals surface area contributed by atoms with E-state index in [4.69, 9.17) is 9.47 Å². The highest BCUT2D eigenvalue weighted by Crippen LogP contribution is 2.46. The van der Waals surface area contributed by atoms with Gasteiger partial charge in [0.25, 0.3) is 0 Å². The van der Waals surface area contributed by atoms with E-state index in [1.165, 1.54) is 28.6 Å². The van der Waals surface area contributed by atoms with E-state index >= 15 is 0 Å². The SMILES string of the molecule is O=C(CC1c2ccccc2-c2ccccc21)N1CCOC(COc2ccc(-n3cncn3)cc2)C1. The maximum Gasteiger partial charge on any atom is 0.223 e. The first-order chi connectivity index (χ1) is 17.3. The maximum atomic E-state index is 13.4. The average Bonchev–Trinajstić information content (AvgIpc) is 3.56. The fourth-order valence-corrected chi connectivity index (χ4v) is 5.06. The van der Waals surface area contributed by atoms with E-state index in [0.717, 1.165) is 11.4 Å². The molecule has 0 saturated carbocycles. The van der Waals surface area contributed by atoms with Gasteiger partial charge in [-0.3, -0.25) is 4.79 Å². The molecule has 1 fully saturated rings. The minimum Gasteiger partial charge on any atom is -0.491 e. The van der Waals surface area contributed by atoms with Crippen LogP contribution < -0.4 is 4.74 Å². The summed E-state index contributed by atoms with van der Waals surface area (Å²) in [7, 11) is 0. The summed E-state index contributed by atoms with van der Waals surface area (Å²) in [6.07, 6.45) is 3.46. The quantitative estimate of drug-likeness (QED) is 0.428. The molecule has 0 spiro atoms. The molecule has 1 aliphatic carbocycles. The Balaban J connectivity index is 1.08. The minimum absolute atomic E-state index is 0.0935. The predicted molar refractivity (Wildman–Crippen MR) is 132 cm³/mol. The second-order valence-corrected chi connectivity index (χ2v) is 8.91. The molecule has 1 unspecified atom stereocenters. The number of carbonyl (C=O) groups excluding carboxylic acids is 1. The van der Waals surface area contributed by atoms with Crippen LogP contribution in [0.1, 0.15) is 23.5 Å². The molecule has 3 aromatic carbocycles. The van der Waals surface area contributed by atoms with Gasteiger partial charge in [0, 0.05) is 18.9 Å². The lowest BCUT2D eigenvalue weighted by atomic mass is 9.93. The van der Waals surface area contributed by atoms with Crippen LogP contribution in [0.2, 0.25) is 0 Å². The molecule has 0 radical (unpaired) electrons. The van der Waals surface area contributed by atoms with E-state index < -0.39 is 0 Å². The van der Waals surface area contributed by atoms with E-state index in [0.29, 0.717) is 32.7 Å². The molecule has 35 heavy (non-hydrogen) atoms. The summed E-state index contributed by atoms with van der Waals surface area (Å²) in [6.45, 7) is 2.05. The third-order valence-corrected chi connectivity index (χ3v) is 6.79. The van der Waals surface area contributed by atoms with Gasteiger partial charge >= 0.3 is 0 Å². The van der Waals surface area contributed by atoms with Crippen LogP contribution in [0.4, 0.5) is 0 Å². The second-order valence-electron chi connectivity index (χ2n) is 8.91. The first-order valence-electron chi connectivity index (χ1n) is 11.9. The predicted octanol–water partition coefficient (Wildman–Crippen LogP) is 4.08. The Bertz CT molecular complexity index is 1270. The summed E-state index contributed by atoms with van der Waals surface area (Å²) < 4.78 is 13.6. The van der Waals surface area contributed by atoms with Crippen molar-refractivity contribution >= 4 is 5.91 Å². The number of hydrogen-bond acceptors (Lipinski definition) is 5. The van der Waals surface area contributed by atoms with E-state index in [9.17, 15) is 4.79 Å². The topological polar surface area (TPSA) is 69.5 Å². The zero-order valence-corrected chi connectivity index (χ0v) is 19.3. The van der Waals surface area contributed by atoms with Crippen molar-refractivity contribution in [3.05, 3.63) is 96.6 Å². The summed E-state index contributed by atoms with van der Waals surface area (Å²) in [4.78, 5) is 19.3. The third-order valence-electron chi connectivity index (χ3n) is 6.79. The summed E-state index contributed by atoms with van der Waals surface area (Å²) in [5, 5.41) is 4.13. The molecule has 1 aromatic heterocycles. The van der Waals surface area contributed by atoms with Crippen molar-refractivity contribution < 1.29 is 14.3 Å². The molecule has 0 N–H and O–H groups in total. The van der Waals surface area contributed by atoms with E-state index in [1.54, 1.807) is 11.0 Å². The molecule has 0 bridgehead atoms. The van der Waals surface area contributed by atoms with Crippen LogP contribution in [-0.2, 0) is 9.53 Å². The number of nitrogens with zero attached hydrogens (tertiary/aromatic N) is 4. The number of amides is 1. The fourth-order valence-electron chi connectivity index (χ4n) is 5.06. The third kappa shape index (κ3) is 4.31. The Hall–Kier alpha value is -3.97. The number of benzene rings is 3. The standard InChI is InChI=1S/C28H26N4O3/c33-28(15-27-25-7-3-1-5-23(25)24-6-2-4-8-26(24)27)31-13-14-34-22(16-31)17-35-21-11-9-20(10-12-21)32-19-29-18-30-32/h1-12,18-19,22,27H,13-17H2. The number of carbonyl (C=O) groups is 1. The van der Waals surface area contributed by atoms with Gasteiger partial charge in [0.2, 0.25) is 5.91 Å². The smallest absolute Gasteiger partial charge is 0.223 e. The highest BCUT2D eigenvalue weighted by Gasteiger charge is 2.32. The van der Waals surface area contributed by atoms with Crippen molar-refractivity contribution in [1.29, 1.82) is 0 Å². The van der Waals surface area contributed by atoms with Crippen molar-refractivity contribution in [1.82, 2.24) is 19.7 Å². The summed E-state index contributed by atoms with van der Waals surface area (Å²) in [5.74, 6) is 1.00. The zero-order chi connectivity index (χ0) is 23.6. The van der Waals surface area contributed by atoms with Crippen molar-refractivity contribution in [3.63, 3.8) is 0 Å². The average molecular weight is 467 g/mol. The lowest BCUT2D eigenvalue weighted by molar-refractivity contribution is -0.140. The van der Waals surface area contributed by atoms with Crippen molar-refractivity contribution in [2.24, 2.45) is 0 Å². The maximum absolute atomic E-state index is 13.4. The molecule has 1 amide bonds. The van der Waals surface area contributed by atoms with Gasteiger partial charge in [-0.25, -0.2) is 9.67 Å². The molecule has 176 valence electrons. The first kappa shape index (κ1) is 21.6. The van der Waals surface area contributed by atoms with Gasteiger partial charge in [-0.1, -0.05) is 48.5 Å². The zero-order valence-electron chi connectivity index (χ0n) is 19.3. The van der Waals surface area contributed by atoms with E-state index in [1.807, 2.05) is 29.2 Å². The van der Waals surface area contributed by atoms with Crippen LogP contribution in [0.5, 0.6) is 5.75 Å². The summed E-state index contributed by atoms with van der Waals surface area (Å²) in [6, 6.07) is 24.5. The molecule has 7 nitrogen and oxygen atoms in total. The fraction of sp³-hybridized carbons (Fsp3) is 0.250. The molecular weight excluding hydrogens is 440 g/mol. The van der Waals surface area contributed by atoms with Crippen molar-refractivity contribution in [2.75, 3.05) is 26.3 Å². The monoisotopic (exact) mass is 466 g/mol. The number of hydrogen-bond donors (Lipinski definition) is 0. The molecule has 1 aliphatic heterocycles. The number of ether oxygens (including phenoxy) is 2. The molecule has 4 aromatic rings.